The van der Waals surface area contributed by atoms with Gasteiger partial charge in [-0.05, 0) is 37.6 Å². The molecule has 1 aliphatic heterocycles. The summed E-state index contributed by atoms with van der Waals surface area (Å²) in [7, 11) is -2.59. The molecule has 0 radical (unpaired) electrons. The Morgan fingerprint density at radius 2 is 1.62 bits per heavy atom. The summed E-state index contributed by atoms with van der Waals surface area (Å²) in [6, 6.07) is 13.0. The van der Waals surface area contributed by atoms with Crippen molar-refractivity contribution in [2.24, 2.45) is 0 Å². The number of hydrogen-bond donors (Lipinski definition) is 2. The monoisotopic (exact) mass is 570 g/mol. The van der Waals surface area contributed by atoms with Gasteiger partial charge in [-0.25, -0.2) is 9.36 Å². The lowest BCUT2D eigenvalue weighted by Gasteiger charge is -2.23. The van der Waals surface area contributed by atoms with Gasteiger partial charge in [0.2, 0.25) is 0 Å². The van der Waals surface area contributed by atoms with E-state index >= 15 is 0 Å². The molecule has 0 amide bonds. The second kappa shape index (κ2) is 11.4. The van der Waals surface area contributed by atoms with Crippen molar-refractivity contribution in [3.8, 4) is 11.5 Å². The van der Waals surface area contributed by atoms with E-state index in [-0.39, 0.29) is 39.7 Å². The molecule has 3 aromatic rings. The number of methoxy groups -OCH3 is 1. The molecule has 0 unspecified atom stereocenters. The molecular formula is C24H25Cl2N2O8P. The third-order valence-electron chi connectivity index (χ3n) is 5.84. The predicted molar refractivity (Wildman–Crippen MR) is 138 cm³/mol. The number of aryl methyl sites for hydroxylation is 1. The van der Waals surface area contributed by atoms with Gasteiger partial charge in [0.05, 0.1) is 22.3 Å². The van der Waals surface area contributed by atoms with Gasteiger partial charge in [0.25, 0.3) is 5.56 Å². The number of nitrogens with zero attached hydrogens (tertiary/aromatic N) is 1. The Balaban J connectivity index is 1.59. The average Bonchev–Trinajstić information content (AvgIpc) is 3.18. The van der Waals surface area contributed by atoms with Gasteiger partial charge in [0.15, 0.2) is 6.23 Å². The number of ether oxygens (including phenoxy) is 2. The van der Waals surface area contributed by atoms with Crippen molar-refractivity contribution in [3.05, 3.63) is 91.2 Å². The molecule has 10 nitrogen and oxygen atoms in total. The highest BCUT2D eigenvalue weighted by molar-refractivity contribution is 7.54. The number of hydrogen-bond acceptors (Lipinski definition) is 8. The van der Waals surface area contributed by atoms with E-state index in [1.807, 2.05) is 0 Å². The first kappa shape index (κ1) is 27.4. The van der Waals surface area contributed by atoms with E-state index in [0.29, 0.717) is 0 Å². The van der Waals surface area contributed by atoms with Crippen LogP contribution in [0.2, 0.25) is 10.0 Å². The lowest BCUT2D eigenvalue weighted by Crippen LogP contribution is -2.39. The van der Waals surface area contributed by atoms with Gasteiger partial charge in [0.1, 0.15) is 23.7 Å². The van der Waals surface area contributed by atoms with E-state index in [0.717, 1.165) is 4.57 Å². The van der Waals surface area contributed by atoms with Crippen molar-refractivity contribution in [2.45, 2.75) is 37.9 Å². The summed E-state index contributed by atoms with van der Waals surface area (Å²) in [5.74, 6) is 0.297. The Hall–Kier alpha value is -2.59. The van der Waals surface area contributed by atoms with Gasteiger partial charge in [-0.15, -0.1) is 0 Å². The lowest BCUT2D eigenvalue weighted by atomic mass is 10.1. The van der Waals surface area contributed by atoms with Crippen molar-refractivity contribution in [2.75, 3.05) is 13.3 Å². The van der Waals surface area contributed by atoms with Crippen LogP contribution in [0.1, 0.15) is 18.2 Å². The summed E-state index contributed by atoms with van der Waals surface area (Å²) in [5.41, 5.74) is -0.966. The first-order valence-electron chi connectivity index (χ1n) is 11.3. The predicted octanol–water partition coefficient (Wildman–Crippen LogP) is 4.17. The number of aliphatic hydroxyl groups is 1. The zero-order chi connectivity index (χ0) is 26.7. The van der Waals surface area contributed by atoms with E-state index in [9.17, 15) is 19.3 Å². The van der Waals surface area contributed by atoms with Gasteiger partial charge in [-0.3, -0.25) is 14.3 Å². The number of benzene rings is 2. The Morgan fingerprint density at radius 3 is 2.16 bits per heavy atom. The van der Waals surface area contributed by atoms with Crippen LogP contribution in [0, 0.1) is 6.92 Å². The number of halogens is 2. The van der Waals surface area contributed by atoms with Crippen molar-refractivity contribution in [3.63, 3.8) is 0 Å². The van der Waals surface area contributed by atoms with Crippen LogP contribution >= 0.6 is 30.8 Å². The Morgan fingerprint density at radius 1 is 1.05 bits per heavy atom. The molecule has 2 heterocycles. The lowest BCUT2D eigenvalue weighted by molar-refractivity contribution is -0.0543. The fourth-order valence-electron chi connectivity index (χ4n) is 3.94. The molecule has 1 fully saturated rings. The van der Waals surface area contributed by atoms with Crippen molar-refractivity contribution in [1.29, 1.82) is 0 Å². The molecule has 13 heteroatoms. The molecule has 198 valence electrons. The SMILES string of the molecule is CO[C@@H]1[C@H](O)[C@@H](CCP(=O)(Oc2ccccc2Cl)Oc2ccccc2Cl)O[C@H]1n1cc(C)c(=O)[nH]c1=O. The van der Waals surface area contributed by atoms with Crippen LogP contribution in [0.5, 0.6) is 11.5 Å². The van der Waals surface area contributed by atoms with E-state index in [1.165, 1.54) is 20.2 Å². The largest absolute Gasteiger partial charge is 0.430 e. The summed E-state index contributed by atoms with van der Waals surface area (Å²) in [6.45, 7) is 1.54. The standard InChI is InChI=1S/C24H25Cl2N2O8P/c1-14-13-28(24(31)27-22(14)30)23-21(33-2)20(29)19(34-23)11-12-37(32,35-17-9-5-3-7-15(17)25)36-18-10-6-4-8-16(18)26/h3-10,13,19-21,23,29H,11-12H2,1-2H3,(H,27,30,31)/t19-,20-,21-,23-/m1/s1. The fourth-order valence-corrected chi connectivity index (χ4v) is 6.11. The van der Waals surface area contributed by atoms with E-state index in [4.69, 9.17) is 41.7 Å². The highest BCUT2D eigenvalue weighted by Crippen LogP contribution is 2.52. The molecule has 1 aromatic heterocycles. The second-order valence-corrected chi connectivity index (χ2v) is 11.2. The number of rotatable bonds is 9. The maximum atomic E-state index is 13.9. The van der Waals surface area contributed by atoms with Crippen LogP contribution in [0.3, 0.4) is 0 Å². The number of aliphatic hydroxyl groups excluding tert-OH is 1. The van der Waals surface area contributed by atoms with Crippen LogP contribution in [-0.2, 0) is 14.0 Å². The summed E-state index contributed by atoms with van der Waals surface area (Å²) in [5, 5.41) is 11.4. The maximum absolute atomic E-state index is 13.9. The van der Waals surface area contributed by atoms with Crippen LogP contribution < -0.4 is 20.3 Å². The van der Waals surface area contributed by atoms with E-state index < -0.39 is 43.4 Å². The minimum Gasteiger partial charge on any atom is -0.414 e. The Kier molecular flexibility index (Phi) is 8.48. The molecule has 0 saturated carbocycles. The Labute approximate surface area is 222 Å². The molecule has 4 atom stereocenters. The van der Waals surface area contributed by atoms with Crippen LogP contribution in [0.15, 0.2) is 64.3 Å². The Bertz CT molecular complexity index is 1380. The fraction of sp³-hybridized carbons (Fsp3) is 0.333. The van der Waals surface area contributed by atoms with E-state index in [1.54, 1.807) is 48.5 Å². The van der Waals surface area contributed by atoms with Crippen molar-refractivity contribution >= 4 is 30.8 Å². The van der Waals surface area contributed by atoms with Gasteiger partial charge in [0, 0.05) is 18.9 Å². The summed E-state index contributed by atoms with van der Waals surface area (Å²) in [4.78, 5) is 26.4. The van der Waals surface area contributed by atoms with Crippen LogP contribution in [0.25, 0.3) is 0 Å². The van der Waals surface area contributed by atoms with Gasteiger partial charge in [-0.2, -0.15) is 0 Å². The molecule has 0 spiro atoms. The van der Waals surface area contributed by atoms with Gasteiger partial charge >= 0.3 is 13.3 Å². The number of para-hydroxylation sites is 2. The number of aromatic nitrogens is 2. The maximum Gasteiger partial charge on any atom is 0.430 e. The summed E-state index contributed by atoms with van der Waals surface area (Å²) < 4.78 is 38.0. The van der Waals surface area contributed by atoms with Crippen molar-refractivity contribution in [1.82, 2.24) is 9.55 Å². The molecule has 2 N–H and O–H groups in total. The number of H-pyrrole nitrogens is 1. The molecule has 0 bridgehead atoms. The first-order valence-corrected chi connectivity index (χ1v) is 13.8. The highest BCUT2D eigenvalue weighted by Gasteiger charge is 2.46. The highest BCUT2D eigenvalue weighted by atomic mass is 35.5. The van der Waals surface area contributed by atoms with Crippen LogP contribution in [-0.4, -0.2) is 46.2 Å². The molecule has 1 aliphatic rings. The molecule has 4 rings (SSSR count). The molecule has 0 aliphatic carbocycles. The third-order valence-corrected chi connectivity index (χ3v) is 8.22. The first-order chi connectivity index (χ1) is 17.6. The quantitative estimate of drug-likeness (QED) is 0.367. The van der Waals surface area contributed by atoms with Crippen molar-refractivity contribution < 1.29 is 28.2 Å². The van der Waals surface area contributed by atoms with Gasteiger partial charge in [-0.1, -0.05) is 47.5 Å². The number of nitrogens with one attached hydrogen (secondary N) is 1. The van der Waals surface area contributed by atoms with Crippen LogP contribution in [0.4, 0.5) is 0 Å². The zero-order valence-corrected chi connectivity index (χ0v) is 22.3. The minimum absolute atomic E-state index is 0.000789. The topological polar surface area (TPSA) is 129 Å². The second-order valence-electron chi connectivity index (χ2n) is 8.40. The number of aromatic amines is 1. The van der Waals surface area contributed by atoms with E-state index in [2.05, 4.69) is 4.98 Å². The molecule has 1 saturated heterocycles. The minimum atomic E-state index is -3.96. The summed E-state index contributed by atoms with van der Waals surface area (Å²) in [6.07, 6.45) is -2.95. The third kappa shape index (κ3) is 6.12. The molecule has 37 heavy (non-hydrogen) atoms. The van der Waals surface area contributed by atoms with Gasteiger partial charge < -0.3 is 23.6 Å². The summed E-state index contributed by atoms with van der Waals surface area (Å²) >= 11 is 12.4. The molecular weight excluding hydrogens is 546 g/mol. The average molecular weight is 571 g/mol. The normalized spacial score (nSPS) is 21.6. The molecule has 2 aromatic carbocycles. The smallest absolute Gasteiger partial charge is 0.414 e. The zero-order valence-electron chi connectivity index (χ0n) is 19.9.